The van der Waals surface area contributed by atoms with Crippen LogP contribution in [-0.4, -0.2) is 17.4 Å². The molecule has 1 unspecified atom stereocenters. The second kappa shape index (κ2) is 4.73. The summed E-state index contributed by atoms with van der Waals surface area (Å²) in [6.45, 7) is 1.82. The molecule has 0 radical (unpaired) electrons. The summed E-state index contributed by atoms with van der Waals surface area (Å²) < 4.78 is 0. The lowest BCUT2D eigenvalue weighted by Gasteiger charge is -1.95. The maximum Gasteiger partial charge on any atom is 0.327 e. The molecule has 3 heteroatoms. The minimum absolute atomic E-state index is 0.254. The van der Waals surface area contributed by atoms with Crippen LogP contribution < -0.4 is 0 Å². The predicted molar refractivity (Wildman–Crippen MR) is 36.6 cm³/mol. The first-order valence-electron chi connectivity index (χ1n) is 3.07. The summed E-state index contributed by atoms with van der Waals surface area (Å²) in [7, 11) is 0. The van der Waals surface area contributed by atoms with Gasteiger partial charge >= 0.3 is 5.97 Å². The van der Waals surface area contributed by atoms with E-state index in [1.807, 2.05) is 6.92 Å². The van der Waals surface area contributed by atoms with Crippen molar-refractivity contribution in [2.45, 2.75) is 13.3 Å². The number of carbonyl (C=O) groups excluding carboxylic acids is 1. The first-order valence-corrected chi connectivity index (χ1v) is 3.07. The van der Waals surface area contributed by atoms with Crippen molar-refractivity contribution in [3.63, 3.8) is 0 Å². The van der Waals surface area contributed by atoms with Crippen LogP contribution in [0.15, 0.2) is 12.2 Å². The Morgan fingerprint density at radius 3 is 2.60 bits per heavy atom. The van der Waals surface area contributed by atoms with Crippen LogP contribution in [0.4, 0.5) is 0 Å². The van der Waals surface area contributed by atoms with E-state index in [9.17, 15) is 9.59 Å². The van der Waals surface area contributed by atoms with Crippen LogP contribution in [0.2, 0.25) is 0 Å². The Hall–Kier alpha value is -1.12. The van der Waals surface area contributed by atoms with Crippen molar-refractivity contribution in [3.8, 4) is 0 Å². The first kappa shape index (κ1) is 8.88. The quantitative estimate of drug-likeness (QED) is 0.467. The molecule has 0 aromatic rings. The lowest BCUT2D eigenvalue weighted by molar-refractivity contribution is -0.131. The molecular formula is C7H10O3. The molecule has 0 spiro atoms. The minimum Gasteiger partial charge on any atom is -0.478 e. The molecule has 1 atom stereocenters. The Kier molecular flexibility index (Phi) is 4.20. The molecule has 0 aromatic carbocycles. The number of hydrogen-bond acceptors (Lipinski definition) is 2. The van der Waals surface area contributed by atoms with E-state index >= 15 is 0 Å². The summed E-state index contributed by atoms with van der Waals surface area (Å²) in [4.78, 5) is 20.0. The highest BCUT2D eigenvalue weighted by Gasteiger charge is 1.97. The van der Waals surface area contributed by atoms with Gasteiger partial charge in [-0.3, -0.25) is 0 Å². The average Bonchev–Trinajstić information content (AvgIpc) is 1.90. The van der Waals surface area contributed by atoms with Gasteiger partial charge in [0.25, 0.3) is 0 Å². The van der Waals surface area contributed by atoms with E-state index in [2.05, 4.69) is 0 Å². The third kappa shape index (κ3) is 3.83. The largest absolute Gasteiger partial charge is 0.478 e. The highest BCUT2D eigenvalue weighted by molar-refractivity contribution is 5.80. The van der Waals surface area contributed by atoms with E-state index < -0.39 is 5.97 Å². The average molecular weight is 142 g/mol. The topological polar surface area (TPSA) is 54.4 Å². The summed E-state index contributed by atoms with van der Waals surface area (Å²) in [5.74, 6) is -1.27. The molecule has 0 fully saturated rings. The van der Waals surface area contributed by atoms with E-state index in [-0.39, 0.29) is 5.92 Å². The first-order chi connectivity index (χ1) is 4.70. The third-order valence-corrected chi connectivity index (χ3v) is 1.13. The minimum atomic E-state index is -1.01. The van der Waals surface area contributed by atoms with Crippen LogP contribution in [0.5, 0.6) is 0 Å². The van der Waals surface area contributed by atoms with Gasteiger partial charge in [-0.2, -0.15) is 0 Å². The number of carboxylic acid groups (broad SMARTS) is 1. The fourth-order valence-electron chi connectivity index (χ4n) is 0.484. The summed E-state index contributed by atoms with van der Waals surface area (Å²) in [5, 5.41) is 8.15. The van der Waals surface area contributed by atoms with E-state index in [0.717, 1.165) is 12.4 Å². The van der Waals surface area contributed by atoms with E-state index in [1.165, 1.54) is 6.08 Å². The van der Waals surface area contributed by atoms with Gasteiger partial charge in [0.1, 0.15) is 6.29 Å². The Labute approximate surface area is 59.4 Å². The molecule has 0 amide bonds. The summed E-state index contributed by atoms with van der Waals surface area (Å²) in [5.41, 5.74) is 0. The van der Waals surface area contributed by atoms with Crippen molar-refractivity contribution < 1.29 is 14.7 Å². The smallest absolute Gasteiger partial charge is 0.327 e. The highest BCUT2D eigenvalue weighted by atomic mass is 16.4. The van der Waals surface area contributed by atoms with Crippen molar-refractivity contribution in [2.75, 3.05) is 0 Å². The highest BCUT2D eigenvalue weighted by Crippen LogP contribution is 1.98. The maximum absolute atomic E-state index is 10.1. The number of allylic oxidation sites excluding steroid dienone is 1. The molecular weight excluding hydrogens is 132 g/mol. The monoisotopic (exact) mass is 142 g/mol. The van der Waals surface area contributed by atoms with Gasteiger partial charge in [-0.05, 0) is 6.42 Å². The van der Waals surface area contributed by atoms with Crippen molar-refractivity contribution in [2.24, 2.45) is 5.92 Å². The Morgan fingerprint density at radius 1 is 1.70 bits per heavy atom. The molecule has 0 aliphatic rings. The second-order valence-corrected chi connectivity index (χ2v) is 1.91. The Bertz CT molecular complexity index is 149. The van der Waals surface area contributed by atoms with Gasteiger partial charge in [0.2, 0.25) is 0 Å². The van der Waals surface area contributed by atoms with Gasteiger partial charge in [-0.25, -0.2) is 4.79 Å². The van der Waals surface area contributed by atoms with Crippen molar-refractivity contribution in [1.82, 2.24) is 0 Å². The van der Waals surface area contributed by atoms with E-state index in [4.69, 9.17) is 5.11 Å². The van der Waals surface area contributed by atoms with Crippen molar-refractivity contribution >= 4 is 12.3 Å². The van der Waals surface area contributed by atoms with E-state index in [1.54, 1.807) is 0 Å². The van der Waals surface area contributed by atoms with Crippen LogP contribution in [0, 0.1) is 5.92 Å². The number of hydrogen-bond donors (Lipinski definition) is 1. The fourth-order valence-corrected chi connectivity index (χ4v) is 0.484. The van der Waals surface area contributed by atoms with Gasteiger partial charge in [0.15, 0.2) is 0 Å². The summed E-state index contributed by atoms with van der Waals surface area (Å²) in [6.07, 6.45) is 3.75. The molecule has 0 saturated carbocycles. The number of carboxylic acids is 1. The maximum atomic E-state index is 10.1. The van der Waals surface area contributed by atoms with Crippen LogP contribution in [-0.2, 0) is 9.59 Å². The third-order valence-electron chi connectivity index (χ3n) is 1.13. The van der Waals surface area contributed by atoms with Crippen LogP contribution in [0.25, 0.3) is 0 Å². The molecule has 0 aliphatic heterocycles. The van der Waals surface area contributed by atoms with Gasteiger partial charge in [-0.15, -0.1) is 0 Å². The molecule has 0 rings (SSSR count). The molecule has 56 valence electrons. The van der Waals surface area contributed by atoms with Gasteiger partial charge in [0, 0.05) is 12.0 Å². The van der Waals surface area contributed by atoms with Crippen LogP contribution in [0.1, 0.15) is 13.3 Å². The van der Waals surface area contributed by atoms with E-state index in [0.29, 0.717) is 6.42 Å². The molecule has 3 nitrogen and oxygen atoms in total. The lowest BCUT2D eigenvalue weighted by atomic mass is 10.1. The van der Waals surface area contributed by atoms with Crippen molar-refractivity contribution in [3.05, 3.63) is 12.2 Å². The molecule has 1 N–H and O–H groups in total. The second-order valence-electron chi connectivity index (χ2n) is 1.91. The van der Waals surface area contributed by atoms with Crippen LogP contribution in [0.3, 0.4) is 0 Å². The summed E-state index contributed by atoms with van der Waals surface area (Å²) in [6, 6.07) is 0. The molecule has 0 saturated heterocycles. The number of carbonyl (C=O) groups is 2. The number of rotatable bonds is 4. The predicted octanol–water partition coefficient (Wildman–Crippen LogP) is 0.852. The van der Waals surface area contributed by atoms with Gasteiger partial charge in [-0.1, -0.05) is 13.0 Å². The number of aldehydes is 1. The molecule has 0 heterocycles. The standard InChI is InChI=1S/C7H10O3/c1-2-6(5-8)3-4-7(9)10/h3-6H,2H2,1H3,(H,9,10)/b4-3+. The molecule has 10 heavy (non-hydrogen) atoms. The molecule has 0 bridgehead atoms. The van der Waals surface area contributed by atoms with Crippen molar-refractivity contribution in [1.29, 1.82) is 0 Å². The van der Waals surface area contributed by atoms with Gasteiger partial charge < -0.3 is 9.90 Å². The van der Waals surface area contributed by atoms with Crippen LogP contribution >= 0.6 is 0 Å². The zero-order valence-electron chi connectivity index (χ0n) is 5.78. The summed E-state index contributed by atoms with van der Waals surface area (Å²) >= 11 is 0. The molecule has 0 aromatic heterocycles. The Morgan fingerprint density at radius 2 is 2.30 bits per heavy atom. The lowest BCUT2D eigenvalue weighted by Crippen LogP contribution is -1.96. The number of aliphatic carboxylic acids is 1. The normalized spacial score (nSPS) is 13.3. The SMILES string of the molecule is CCC(C=O)/C=C/C(=O)O. The zero-order valence-corrected chi connectivity index (χ0v) is 5.78. The fraction of sp³-hybridized carbons (Fsp3) is 0.429. The van der Waals surface area contributed by atoms with Gasteiger partial charge in [0.05, 0.1) is 0 Å². The molecule has 0 aliphatic carbocycles. The Balaban J connectivity index is 3.83. The zero-order chi connectivity index (χ0) is 7.98.